The molecule has 3 nitrogen and oxygen atoms in total. The van der Waals surface area contributed by atoms with Crippen molar-refractivity contribution in [3.63, 3.8) is 0 Å². The minimum absolute atomic E-state index is 0.0307. The van der Waals surface area contributed by atoms with Crippen LogP contribution in [0.15, 0.2) is 12.1 Å². The summed E-state index contributed by atoms with van der Waals surface area (Å²) in [7, 11) is 0. The van der Waals surface area contributed by atoms with Gasteiger partial charge in [-0.3, -0.25) is 9.69 Å². The second-order valence-electron chi connectivity index (χ2n) is 3.78. The fourth-order valence-corrected chi connectivity index (χ4v) is 1.78. The number of nitrogens with zero attached hydrogens (tertiary/aromatic N) is 1. The highest BCUT2D eigenvalue weighted by Gasteiger charge is 2.30. The molecular weight excluding hydrogens is 226 g/mol. The summed E-state index contributed by atoms with van der Waals surface area (Å²) in [5.74, 6) is 0.0975. The molecular formula is C12H10F2N2O. The first kappa shape index (κ1) is 11.4. The average molecular weight is 236 g/mol. The topological polar surface area (TPSA) is 32.3 Å². The van der Waals surface area contributed by atoms with Crippen LogP contribution in [0.4, 0.5) is 20.2 Å². The molecule has 1 aliphatic heterocycles. The van der Waals surface area contributed by atoms with E-state index in [0.717, 1.165) is 12.1 Å². The van der Waals surface area contributed by atoms with E-state index in [1.54, 1.807) is 6.92 Å². The lowest BCUT2D eigenvalue weighted by Crippen LogP contribution is -2.46. The van der Waals surface area contributed by atoms with E-state index < -0.39 is 17.7 Å². The number of benzene rings is 1. The third kappa shape index (κ3) is 1.82. The fourth-order valence-electron chi connectivity index (χ4n) is 1.78. The van der Waals surface area contributed by atoms with Gasteiger partial charge in [0.25, 0.3) is 0 Å². The van der Waals surface area contributed by atoms with Gasteiger partial charge >= 0.3 is 0 Å². The van der Waals surface area contributed by atoms with E-state index in [1.807, 2.05) is 0 Å². The second-order valence-corrected chi connectivity index (χ2v) is 3.78. The molecule has 2 rings (SSSR count). The van der Waals surface area contributed by atoms with E-state index in [2.05, 4.69) is 11.2 Å². The monoisotopic (exact) mass is 236 g/mol. The number of hydrogen-bond donors (Lipinski definition) is 1. The van der Waals surface area contributed by atoms with Crippen LogP contribution >= 0.6 is 0 Å². The van der Waals surface area contributed by atoms with Crippen LogP contribution in [0.3, 0.4) is 0 Å². The summed E-state index contributed by atoms with van der Waals surface area (Å²) in [4.78, 5) is 13.1. The van der Waals surface area contributed by atoms with Gasteiger partial charge in [-0.1, -0.05) is 5.92 Å². The van der Waals surface area contributed by atoms with Gasteiger partial charge < -0.3 is 5.32 Å². The van der Waals surface area contributed by atoms with Crippen LogP contribution in [0.5, 0.6) is 0 Å². The first-order chi connectivity index (χ1) is 8.04. The van der Waals surface area contributed by atoms with Crippen molar-refractivity contribution in [2.75, 3.05) is 16.8 Å². The first-order valence-corrected chi connectivity index (χ1v) is 5.05. The molecule has 1 N–H and O–H groups in total. The Morgan fingerprint density at radius 2 is 2.12 bits per heavy atom. The summed E-state index contributed by atoms with van der Waals surface area (Å²) >= 11 is 0. The van der Waals surface area contributed by atoms with Gasteiger partial charge in [-0.15, -0.1) is 6.42 Å². The Kier molecular flexibility index (Phi) is 2.72. The number of fused-ring (bicyclic) bond motifs is 1. The van der Waals surface area contributed by atoms with Crippen molar-refractivity contribution in [3.05, 3.63) is 23.8 Å². The molecule has 0 aromatic heterocycles. The smallest absolute Gasteiger partial charge is 0.250 e. The van der Waals surface area contributed by atoms with Crippen molar-refractivity contribution in [2.24, 2.45) is 0 Å². The molecule has 1 aromatic rings. The van der Waals surface area contributed by atoms with E-state index in [9.17, 15) is 13.6 Å². The van der Waals surface area contributed by atoms with Crippen LogP contribution in [-0.4, -0.2) is 18.5 Å². The molecule has 1 heterocycles. The second kappa shape index (κ2) is 4.06. The van der Waals surface area contributed by atoms with Gasteiger partial charge in [0, 0.05) is 12.1 Å². The van der Waals surface area contributed by atoms with E-state index >= 15 is 0 Å². The molecule has 1 atom stereocenters. The Morgan fingerprint density at radius 3 is 2.76 bits per heavy atom. The van der Waals surface area contributed by atoms with Crippen molar-refractivity contribution in [1.82, 2.24) is 0 Å². The van der Waals surface area contributed by atoms with Crippen LogP contribution in [0, 0.1) is 24.0 Å². The summed E-state index contributed by atoms with van der Waals surface area (Å²) < 4.78 is 26.2. The van der Waals surface area contributed by atoms with Gasteiger partial charge in [0.15, 0.2) is 11.6 Å². The van der Waals surface area contributed by atoms with Crippen LogP contribution in [-0.2, 0) is 4.79 Å². The molecule has 0 fully saturated rings. The fraction of sp³-hybridized carbons (Fsp3) is 0.250. The maximum atomic E-state index is 13.2. The van der Waals surface area contributed by atoms with E-state index in [-0.39, 0.29) is 18.1 Å². The van der Waals surface area contributed by atoms with Crippen molar-refractivity contribution in [1.29, 1.82) is 0 Å². The number of rotatable bonds is 1. The van der Waals surface area contributed by atoms with Crippen molar-refractivity contribution in [2.45, 2.75) is 13.0 Å². The SMILES string of the molecule is C#CCN1C(=O)C(C)Nc2cc(F)c(F)cc21. The maximum Gasteiger partial charge on any atom is 0.250 e. The Bertz CT molecular complexity index is 522. The molecule has 0 spiro atoms. The Morgan fingerprint density at radius 1 is 1.47 bits per heavy atom. The van der Waals surface area contributed by atoms with Crippen molar-refractivity contribution < 1.29 is 13.6 Å². The third-order valence-corrected chi connectivity index (χ3v) is 2.59. The summed E-state index contributed by atoms with van der Waals surface area (Å²) in [6.45, 7) is 1.67. The molecule has 0 radical (unpaired) electrons. The standard InChI is InChI=1S/C12H10F2N2O/c1-3-4-16-11-6-9(14)8(13)5-10(11)15-7(2)12(16)17/h1,5-7,15H,4H2,2H3. The van der Waals surface area contributed by atoms with Crippen molar-refractivity contribution >= 4 is 17.3 Å². The Hall–Kier alpha value is -2.09. The van der Waals surface area contributed by atoms with Crippen LogP contribution in [0.1, 0.15) is 6.92 Å². The zero-order chi connectivity index (χ0) is 12.6. The number of amides is 1. The van der Waals surface area contributed by atoms with E-state index in [1.165, 1.54) is 4.90 Å². The minimum atomic E-state index is -1.00. The van der Waals surface area contributed by atoms with Gasteiger partial charge in [-0.25, -0.2) is 8.78 Å². The minimum Gasteiger partial charge on any atom is -0.372 e. The zero-order valence-corrected chi connectivity index (χ0v) is 9.13. The largest absolute Gasteiger partial charge is 0.372 e. The molecule has 88 valence electrons. The zero-order valence-electron chi connectivity index (χ0n) is 9.13. The number of halogens is 2. The number of terminal acetylenes is 1. The number of carbonyl (C=O) groups is 1. The predicted octanol–water partition coefficient (Wildman–Crippen LogP) is 1.74. The van der Waals surface area contributed by atoms with Gasteiger partial charge in [0.05, 0.1) is 17.9 Å². The van der Waals surface area contributed by atoms with Crippen LogP contribution in [0.25, 0.3) is 0 Å². The number of hydrogen-bond acceptors (Lipinski definition) is 2. The predicted molar refractivity (Wildman–Crippen MR) is 60.6 cm³/mol. The van der Waals surface area contributed by atoms with Crippen LogP contribution < -0.4 is 10.2 Å². The van der Waals surface area contributed by atoms with Gasteiger partial charge in [0.2, 0.25) is 5.91 Å². The van der Waals surface area contributed by atoms with Gasteiger partial charge in [-0.2, -0.15) is 0 Å². The van der Waals surface area contributed by atoms with Crippen molar-refractivity contribution in [3.8, 4) is 12.3 Å². The molecule has 0 aliphatic carbocycles. The number of nitrogens with one attached hydrogen (secondary N) is 1. The molecule has 0 bridgehead atoms. The molecule has 17 heavy (non-hydrogen) atoms. The number of anilines is 2. The lowest BCUT2D eigenvalue weighted by Gasteiger charge is -2.32. The molecule has 1 aliphatic rings. The van der Waals surface area contributed by atoms with E-state index in [4.69, 9.17) is 6.42 Å². The Balaban J connectivity index is 2.54. The molecule has 0 saturated carbocycles. The summed E-state index contributed by atoms with van der Waals surface area (Å²) in [6, 6.07) is 1.48. The Labute approximate surface area is 97.4 Å². The number of carbonyl (C=O) groups excluding carboxylic acids is 1. The molecule has 5 heteroatoms. The molecule has 1 unspecified atom stereocenters. The lowest BCUT2D eigenvalue weighted by molar-refractivity contribution is -0.119. The third-order valence-electron chi connectivity index (χ3n) is 2.59. The highest BCUT2D eigenvalue weighted by Crippen LogP contribution is 2.33. The lowest BCUT2D eigenvalue weighted by atomic mass is 10.1. The molecule has 1 aromatic carbocycles. The average Bonchev–Trinajstić information content (AvgIpc) is 2.28. The van der Waals surface area contributed by atoms with Crippen LogP contribution in [0.2, 0.25) is 0 Å². The highest BCUT2D eigenvalue weighted by atomic mass is 19.2. The quantitative estimate of drug-likeness (QED) is 0.753. The first-order valence-electron chi connectivity index (χ1n) is 5.05. The molecule has 0 saturated heterocycles. The summed E-state index contributed by atoms with van der Waals surface area (Å²) in [6.07, 6.45) is 5.16. The van der Waals surface area contributed by atoms with Gasteiger partial charge in [-0.05, 0) is 6.92 Å². The molecule has 1 amide bonds. The van der Waals surface area contributed by atoms with Gasteiger partial charge in [0.1, 0.15) is 6.04 Å². The van der Waals surface area contributed by atoms with E-state index in [0.29, 0.717) is 5.69 Å². The highest BCUT2D eigenvalue weighted by molar-refractivity contribution is 6.05. The maximum absolute atomic E-state index is 13.2. The normalized spacial score (nSPS) is 18.4. The summed E-state index contributed by atoms with van der Waals surface area (Å²) in [5, 5.41) is 2.80. The summed E-state index contributed by atoms with van der Waals surface area (Å²) in [5.41, 5.74) is 0.635.